The lowest BCUT2D eigenvalue weighted by molar-refractivity contribution is 0.436. The number of amidine groups is 1. The fraction of sp³-hybridized carbons (Fsp3) is 0.0556. The van der Waals surface area contributed by atoms with Crippen LogP contribution in [0.1, 0.15) is 51.8 Å². The van der Waals surface area contributed by atoms with Gasteiger partial charge in [-0.05, 0) is 69.3 Å². The van der Waals surface area contributed by atoms with Crippen molar-refractivity contribution >= 4 is 33.5 Å². The summed E-state index contributed by atoms with van der Waals surface area (Å²) in [6.07, 6.45) is 2.21. The van der Waals surface area contributed by atoms with Crippen molar-refractivity contribution < 1.29 is 9.15 Å². The second-order valence-electron chi connectivity index (χ2n) is 15.3. The molecule has 1 spiro atoms. The van der Waals surface area contributed by atoms with Crippen molar-refractivity contribution in [1.29, 1.82) is 0 Å². The summed E-state index contributed by atoms with van der Waals surface area (Å²) in [6.45, 7) is 2.20. The van der Waals surface area contributed by atoms with E-state index in [9.17, 15) is 0 Å². The molecule has 0 radical (unpaired) electrons. The van der Waals surface area contributed by atoms with Crippen LogP contribution < -0.4 is 10.5 Å². The molecule has 9 aromatic rings. The molecule has 8 aromatic carbocycles. The molecule has 4 heteroatoms. The minimum atomic E-state index is -0.591. The summed E-state index contributed by atoms with van der Waals surface area (Å²) in [6, 6.07) is 65.8. The van der Waals surface area contributed by atoms with E-state index in [0.29, 0.717) is 5.84 Å². The summed E-state index contributed by atoms with van der Waals surface area (Å²) >= 11 is 0. The van der Waals surface area contributed by atoms with Gasteiger partial charge in [-0.2, -0.15) is 0 Å². The van der Waals surface area contributed by atoms with Gasteiger partial charge in [-0.1, -0.05) is 171 Å². The molecule has 0 saturated heterocycles. The van der Waals surface area contributed by atoms with Crippen LogP contribution >= 0.6 is 0 Å². The number of para-hydroxylation sites is 3. The zero-order valence-electron chi connectivity index (χ0n) is 31.9. The zero-order valence-corrected chi connectivity index (χ0v) is 31.9. The maximum Gasteiger partial charge on any atom is 0.143 e. The van der Waals surface area contributed by atoms with E-state index in [1.807, 2.05) is 30.3 Å². The Kier molecular flexibility index (Phi) is 7.80. The van der Waals surface area contributed by atoms with Crippen molar-refractivity contribution in [2.24, 2.45) is 10.7 Å². The molecule has 0 amide bonds. The van der Waals surface area contributed by atoms with Crippen molar-refractivity contribution in [3.8, 4) is 33.8 Å². The highest BCUT2D eigenvalue weighted by Gasteiger charge is 2.51. The summed E-state index contributed by atoms with van der Waals surface area (Å²) in [4.78, 5) is 5.26. The molecule has 1 unspecified atom stereocenters. The number of nitrogens with zero attached hydrogens (tertiary/aromatic N) is 1. The SMILES string of the molecule is CC(/C=C(\N=C(N)c1ccc2c(c1)C1(c3ccccc3O2)c2ccccc2-c2ccccc21)c1ccc(-c2cccc3c2oc2ccccc23)cc1)c1ccccc1. The number of hydrogen-bond donors (Lipinski definition) is 1. The largest absolute Gasteiger partial charge is 0.457 e. The predicted molar refractivity (Wildman–Crippen MR) is 237 cm³/mol. The van der Waals surface area contributed by atoms with Gasteiger partial charge in [-0.15, -0.1) is 0 Å². The number of fused-ring (bicyclic) bond motifs is 12. The number of ether oxygens (including phenoxy) is 1. The van der Waals surface area contributed by atoms with E-state index in [-0.39, 0.29) is 5.92 Å². The van der Waals surface area contributed by atoms with Crippen LogP contribution in [0.4, 0.5) is 0 Å². The maximum absolute atomic E-state index is 7.13. The molecular formula is C54H38N2O2. The van der Waals surface area contributed by atoms with Gasteiger partial charge in [-0.25, -0.2) is 4.99 Å². The van der Waals surface area contributed by atoms with Crippen LogP contribution in [0, 0.1) is 0 Å². The number of aliphatic imine (C=N–C) groups is 1. The van der Waals surface area contributed by atoms with Gasteiger partial charge in [0.05, 0.1) is 11.1 Å². The van der Waals surface area contributed by atoms with Crippen LogP contribution in [0.3, 0.4) is 0 Å². The Morgan fingerprint density at radius 2 is 1.16 bits per heavy atom. The highest BCUT2D eigenvalue weighted by molar-refractivity contribution is 6.09. The average molecular weight is 747 g/mol. The molecular weight excluding hydrogens is 709 g/mol. The predicted octanol–water partition coefficient (Wildman–Crippen LogP) is 13.3. The number of hydrogen-bond acceptors (Lipinski definition) is 3. The van der Waals surface area contributed by atoms with E-state index >= 15 is 0 Å². The summed E-state index contributed by atoms with van der Waals surface area (Å²) in [5.41, 5.74) is 21.3. The third-order valence-electron chi connectivity index (χ3n) is 12.0. The normalized spacial score (nSPS) is 14.4. The second kappa shape index (κ2) is 13.4. The topological polar surface area (TPSA) is 60.8 Å². The van der Waals surface area contributed by atoms with Crippen LogP contribution in [0.2, 0.25) is 0 Å². The second-order valence-corrected chi connectivity index (χ2v) is 15.3. The molecule has 2 N–H and O–H groups in total. The molecule has 1 aliphatic heterocycles. The average Bonchev–Trinajstić information content (AvgIpc) is 3.81. The highest BCUT2D eigenvalue weighted by atomic mass is 16.5. The van der Waals surface area contributed by atoms with Crippen molar-refractivity contribution in [3.05, 3.63) is 233 Å². The van der Waals surface area contributed by atoms with Crippen LogP contribution in [0.5, 0.6) is 11.5 Å². The fourth-order valence-corrected chi connectivity index (χ4v) is 9.29. The molecule has 0 fully saturated rings. The quantitative estimate of drug-likeness (QED) is 0.136. The van der Waals surface area contributed by atoms with Gasteiger partial charge in [0.25, 0.3) is 0 Å². The molecule has 2 aliphatic rings. The van der Waals surface area contributed by atoms with Gasteiger partial charge in [-0.3, -0.25) is 0 Å². The van der Waals surface area contributed by atoms with Crippen molar-refractivity contribution in [2.45, 2.75) is 18.3 Å². The monoisotopic (exact) mass is 746 g/mol. The van der Waals surface area contributed by atoms with Gasteiger partial charge < -0.3 is 14.9 Å². The summed E-state index contributed by atoms with van der Waals surface area (Å²) in [5, 5.41) is 2.23. The maximum atomic E-state index is 7.13. The van der Waals surface area contributed by atoms with E-state index in [4.69, 9.17) is 19.9 Å². The number of nitrogens with two attached hydrogens (primary N) is 1. The Balaban J connectivity index is 1.04. The first-order chi connectivity index (χ1) is 28.6. The molecule has 1 atom stereocenters. The number of benzene rings is 8. The standard InChI is InChI=1S/C54H38N2O2/c1-34(35-14-3-2-4-15-35)32-48(37-28-26-36(27-29-37)39-19-13-20-43-42-18-7-11-24-49(42)58-52(39)43)56-53(55)38-30-31-51-47(33-38)54(46-23-10-12-25-50(46)57-51)44-21-8-5-16-40(44)41-17-6-9-22-45(41)54/h2-34H,1H3,(H2,55,56)/b48-32-. The first kappa shape index (κ1) is 33.9. The Morgan fingerprint density at radius 3 is 1.93 bits per heavy atom. The summed E-state index contributed by atoms with van der Waals surface area (Å²) in [5.74, 6) is 2.18. The first-order valence-electron chi connectivity index (χ1n) is 19.8. The van der Waals surface area contributed by atoms with E-state index in [0.717, 1.165) is 72.5 Å². The third kappa shape index (κ3) is 5.19. The molecule has 2 heterocycles. The zero-order chi connectivity index (χ0) is 38.8. The molecule has 0 saturated carbocycles. The van der Waals surface area contributed by atoms with E-state index in [1.165, 1.54) is 27.8 Å². The van der Waals surface area contributed by atoms with Crippen molar-refractivity contribution in [1.82, 2.24) is 0 Å². The lowest BCUT2D eigenvalue weighted by Gasteiger charge is -2.39. The molecule has 0 bridgehead atoms. The van der Waals surface area contributed by atoms with E-state index < -0.39 is 5.41 Å². The Bertz CT molecular complexity index is 3070. The molecule has 11 rings (SSSR count). The van der Waals surface area contributed by atoms with Gasteiger partial charge >= 0.3 is 0 Å². The Labute approximate surface area is 337 Å². The Morgan fingerprint density at radius 1 is 0.552 bits per heavy atom. The highest BCUT2D eigenvalue weighted by Crippen LogP contribution is 2.62. The fourth-order valence-electron chi connectivity index (χ4n) is 9.29. The van der Waals surface area contributed by atoms with Gasteiger partial charge in [0.2, 0.25) is 0 Å². The summed E-state index contributed by atoms with van der Waals surface area (Å²) < 4.78 is 13.1. The Hall–Kier alpha value is -7.43. The summed E-state index contributed by atoms with van der Waals surface area (Å²) in [7, 11) is 0. The van der Waals surface area contributed by atoms with Crippen LogP contribution in [-0.4, -0.2) is 5.84 Å². The van der Waals surface area contributed by atoms with Crippen LogP contribution in [-0.2, 0) is 5.41 Å². The minimum Gasteiger partial charge on any atom is -0.457 e. The van der Waals surface area contributed by atoms with Gasteiger partial charge in [0.1, 0.15) is 28.5 Å². The first-order valence-corrected chi connectivity index (χ1v) is 19.8. The van der Waals surface area contributed by atoms with Gasteiger partial charge in [0, 0.05) is 38.9 Å². The molecule has 276 valence electrons. The smallest absolute Gasteiger partial charge is 0.143 e. The van der Waals surface area contributed by atoms with E-state index in [2.05, 4.69) is 171 Å². The van der Waals surface area contributed by atoms with E-state index in [1.54, 1.807) is 0 Å². The molecule has 58 heavy (non-hydrogen) atoms. The van der Waals surface area contributed by atoms with Crippen LogP contribution in [0.25, 0.3) is 49.9 Å². The third-order valence-corrected chi connectivity index (χ3v) is 12.0. The number of rotatable bonds is 6. The lowest BCUT2D eigenvalue weighted by Crippen LogP contribution is -2.32. The minimum absolute atomic E-state index is 0.0833. The lowest BCUT2D eigenvalue weighted by atomic mass is 9.66. The van der Waals surface area contributed by atoms with Crippen LogP contribution in [0.15, 0.2) is 204 Å². The number of furan rings is 1. The van der Waals surface area contributed by atoms with Crippen molar-refractivity contribution in [3.63, 3.8) is 0 Å². The molecule has 1 aromatic heterocycles. The molecule has 4 nitrogen and oxygen atoms in total. The number of allylic oxidation sites excluding steroid dienone is 1. The molecule has 1 aliphatic carbocycles. The van der Waals surface area contributed by atoms with Crippen molar-refractivity contribution in [2.75, 3.05) is 0 Å². The van der Waals surface area contributed by atoms with Gasteiger partial charge in [0.15, 0.2) is 0 Å².